The molecule has 0 aliphatic carbocycles. The molecule has 1 aromatic carbocycles. The number of benzene rings is 1. The quantitative estimate of drug-likeness (QED) is 0.847. The summed E-state index contributed by atoms with van der Waals surface area (Å²) in [5, 5.41) is 13.9. The highest BCUT2D eigenvalue weighted by molar-refractivity contribution is 6.30. The molecule has 0 saturated carbocycles. The van der Waals surface area contributed by atoms with E-state index in [1.165, 1.54) is 5.56 Å². The lowest BCUT2D eigenvalue weighted by Gasteiger charge is -2.38. The number of nitrogens with zero attached hydrogens (tertiary/aromatic N) is 1. The van der Waals surface area contributed by atoms with Crippen molar-refractivity contribution in [2.24, 2.45) is 0 Å². The monoisotopic (exact) mass is 310 g/mol. The van der Waals surface area contributed by atoms with Crippen LogP contribution >= 0.6 is 11.6 Å². The largest absolute Gasteiger partial charge is 0.394 e. The van der Waals surface area contributed by atoms with Gasteiger partial charge in [0.15, 0.2) is 0 Å². The van der Waals surface area contributed by atoms with Gasteiger partial charge in [0.1, 0.15) is 0 Å². The second-order valence-corrected chi connectivity index (χ2v) is 6.83. The third kappa shape index (κ3) is 4.96. The van der Waals surface area contributed by atoms with Crippen LogP contribution in [0.2, 0.25) is 5.02 Å². The number of hydrogen-bond donors (Lipinski definition) is 2. The number of halogens is 1. The van der Waals surface area contributed by atoms with Crippen molar-refractivity contribution in [2.45, 2.75) is 51.2 Å². The zero-order valence-corrected chi connectivity index (χ0v) is 13.9. The average molecular weight is 311 g/mol. The van der Waals surface area contributed by atoms with E-state index in [1.807, 2.05) is 12.1 Å². The fourth-order valence-electron chi connectivity index (χ4n) is 2.84. The first-order valence-corrected chi connectivity index (χ1v) is 8.28. The van der Waals surface area contributed by atoms with E-state index in [-0.39, 0.29) is 12.1 Å². The fourth-order valence-corrected chi connectivity index (χ4v) is 2.96. The van der Waals surface area contributed by atoms with E-state index in [2.05, 4.69) is 36.2 Å². The van der Waals surface area contributed by atoms with E-state index in [9.17, 15) is 5.11 Å². The molecule has 1 fully saturated rings. The molecule has 1 aromatic rings. The Morgan fingerprint density at radius 3 is 2.43 bits per heavy atom. The highest BCUT2D eigenvalue weighted by atomic mass is 35.5. The maximum Gasteiger partial charge on any atom is 0.0610 e. The normalized spacial score (nSPS) is 20.4. The zero-order chi connectivity index (χ0) is 15.3. The van der Waals surface area contributed by atoms with Crippen molar-refractivity contribution in [1.82, 2.24) is 10.2 Å². The highest BCUT2D eigenvalue weighted by Gasteiger charge is 2.27. The topological polar surface area (TPSA) is 35.5 Å². The third-order valence-corrected chi connectivity index (χ3v) is 4.84. The fraction of sp³-hybridized carbons (Fsp3) is 0.647. The summed E-state index contributed by atoms with van der Waals surface area (Å²) in [6, 6.07) is 8.64. The molecule has 3 nitrogen and oxygen atoms in total. The van der Waals surface area contributed by atoms with E-state index in [0.29, 0.717) is 6.04 Å². The van der Waals surface area contributed by atoms with E-state index in [1.54, 1.807) is 0 Å². The molecule has 1 atom stereocenters. The van der Waals surface area contributed by atoms with Gasteiger partial charge >= 0.3 is 0 Å². The van der Waals surface area contributed by atoms with Gasteiger partial charge in [0.2, 0.25) is 0 Å². The number of piperidine rings is 1. The number of rotatable bonds is 6. The van der Waals surface area contributed by atoms with E-state index < -0.39 is 0 Å². The van der Waals surface area contributed by atoms with Crippen molar-refractivity contribution in [1.29, 1.82) is 0 Å². The molecule has 2 N–H and O–H groups in total. The van der Waals surface area contributed by atoms with Crippen LogP contribution in [0.4, 0.5) is 0 Å². The van der Waals surface area contributed by atoms with Crippen molar-refractivity contribution in [2.75, 3.05) is 19.7 Å². The molecule has 118 valence electrons. The molecule has 0 spiro atoms. The van der Waals surface area contributed by atoms with Gasteiger partial charge in [-0.2, -0.15) is 0 Å². The Labute approximate surface area is 133 Å². The first-order chi connectivity index (χ1) is 10.0. The number of nitrogens with one attached hydrogen (secondary N) is 1. The highest BCUT2D eigenvalue weighted by Crippen LogP contribution is 2.18. The maximum atomic E-state index is 9.50. The molecular formula is C17H27ClN2O. The van der Waals surface area contributed by atoms with Gasteiger partial charge in [-0.15, -0.1) is 0 Å². The van der Waals surface area contributed by atoms with Crippen molar-refractivity contribution in [3.8, 4) is 0 Å². The Kier molecular flexibility index (Phi) is 6.06. The average Bonchev–Trinajstić information content (AvgIpc) is 2.51. The molecule has 1 saturated heterocycles. The smallest absolute Gasteiger partial charge is 0.0610 e. The Hall–Kier alpha value is -0.610. The number of aliphatic hydroxyl groups is 1. The molecule has 0 amide bonds. The first-order valence-electron chi connectivity index (χ1n) is 7.90. The summed E-state index contributed by atoms with van der Waals surface area (Å²) in [6.07, 6.45) is 3.24. The molecular weight excluding hydrogens is 284 g/mol. The van der Waals surface area contributed by atoms with Crippen molar-refractivity contribution >= 4 is 11.6 Å². The van der Waals surface area contributed by atoms with Crippen LogP contribution in [-0.2, 0) is 6.54 Å². The lowest BCUT2D eigenvalue weighted by molar-refractivity contribution is 0.124. The van der Waals surface area contributed by atoms with Gasteiger partial charge < -0.3 is 10.4 Å². The Bertz CT molecular complexity index is 423. The van der Waals surface area contributed by atoms with Crippen LogP contribution in [-0.4, -0.2) is 41.3 Å². The van der Waals surface area contributed by atoms with Crippen molar-refractivity contribution in [3.63, 3.8) is 0 Å². The summed E-state index contributed by atoms with van der Waals surface area (Å²) >= 11 is 5.92. The van der Waals surface area contributed by atoms with E-state index in [4.69, 9.17) is 11.6 Å². The lowest BCUT2D eigenvalue weighted by Crippen LogP contribution is -2.53. The van der Waals surface area contributed by atoms with Gasteiger partial charge in [0, 0.05) is 23.1 Å². The Morgan fingerprint density at radius 1 is 1.29 bits per heavy atom. The second-order valence-electron chi connectivity index (χ2n) is 6.39. The summed E-state index contributed by atoms with van der Waals surface area (Å²) in [5.74, 6) is 0. The number of likely N-dealkylation sites (tertiary alicyclic amines) is 1. The van der Waals surface area contributed by atoms with Crippen molar-refractivity contribution < 1.29 is 5.11 Å². The Balaban J connectivity index is 1.79. The van der Waals surface area contributed by atoms with Crippen LogP contribution < -0.4 is 5.32 Å². The minimum Gasteiger partial charge on any atom is -0.394 e. The zero-order valence-electron chi connectivity index (χ0n) is 13.1. The molecule has 4 heteroatoms. The lowest BCUT2D eigenvalue weighted by atomic mass is 9.95. The molecule has 1 heterocycles. The van der Waals surface area contributed by atoms with Crippen LogP contribution in [0.25, 0.3) is 0 Å². The molecule has 1 aliphatic rings. The van der Waals surface area contributed by atoms with Crippen LogP contribution in [0.5, 0.6) is 0 Å². The summed E-state index contributed by atoms with van der Waals surface area (Å²) in [7, 11) is 0. The molecule has 2 rings (SSSR count). The predicted molar refractivity (Wildman–Crippen MR) is 88.7 cm³/mol. The SMILES string of the molecule is CCC(C)(CO)NC1CCN(Cc2ccc(Cl)cc2)CC1. The molecule has 1 aliphatic heterocycles. The molecule has 0 radical (unpaired) electrons. The minimum absolute atomic E-state index is 0.136. The molecule has 0 aromatic heterocycles. The van der Waals surface area contributed by atoms with Crippen LogP contribution in [0.15, 0.2) is 24.3 Å². The molecule has 21 heavy (non-hydrogen) atoms. The van der Waals surface area contributed by atoms with Crippen LogP contribution in [0.1, 0.15) is 38.7 Å². The third-order valence-electron chi connectivity index (χ3n) is 4.59. The van der Waals surface area contributed by atoms with Gasteiger partial charge in [0.05, 0.1) is 6.61 Å². The van der Waals surface area contributed by atoms with Gasteiger partial charge in [-0.3, -0.25) is 4.90 Å². The number of hydrogen-bond acceptors (Lipinski definition) is 3. The summed E-state index contributed by atoms with van der Waals surface area (Å²) in [5.41, 5.74) is 1.18. The van der Waals surface area contributed by atoms with Crippen LogP contribution in [0.3, 0.4) is 0 Å². The summed E-state index contributed by atoms with van der Waals surface area (Å²) in [4.78, 5) is 2.49. The number of aliphatic hydroxyl groups excluding tert-OH is 1. The molecule has 1 unspecified atom stereocenters. The van der Waals surface area contributed by atoms with Gasteiger partial charge in [-0.1, -0.05) is 30.7 Å². The maximum absolute atomic E-state index is 9.50. The molecule has 0 bridgehead atoms. The van der Waals surface area contributed by atoms with Crippen LogP contribution in [0, 0.1) is 0 Å². The van der Waals surface area contributed by atoms with Gasteiger partial charge in [0.25, 0.3) is 0 Å². The summed E-state index contributed by atoms with van der Waals surface area (Å²) < 4.78 is 0. The summed E-state index contributed by atoms with van der Waals surface area (Å²) in [6.45, 7) is 7.63. The Morgan fingerprint density at radius 2 is 1.90 bits per heavy atom. The minimum atomic E-state index is -0.136. The van der Waals surface area contributed by atoms with E-state index >= 15 is 0 Å². The van der Waals surface area contributed by atoms with E-state index in [0.717, 1.165) is 43.9 Å². The van der Waals surface area contributed by atoms with Gasteiger partial charge in [-0.05, 0) is 57.0 Å². The first kappa shape index (κ1) is 16.8. The van der Waals surface area contributed by atoms with Crippen molar-refractivity contribution in [3.05, 3.63) is 34.9 Å². The van der Waals surface area contributed by atoms with Gasteiger partial charge in [-0.25, -0.2) is 0 Å². The second kappa shape index (κ2) is 7.59. The predicted octanol–water partition coefficient (Wildman–Crippen LogP) is 3.06. The standard InChI is InChI=1S/C17H27ClN2O/c1-3-17(2,13-21)19-16-8-10-20(11-9-16)12-14-4-6-15(18)7-5-14/h4-7,16,19,21H,3,8-13H2,1-2H3.